The normalized spacial score (nSPS) is 19.9. The average Bonchev–Trinajstić information content (AvgIpc) is 3.26. The molecule has 11 heteroatoms. The van der Waals surface area contributed by atoms with Crippen LogP contribution >= 0.6 is 11.3 Å². The van der Waals surface area contributed by atoms with Crippen molar-refractivity contribution in [3.8, 4) is 17.3 Å². The van der Waals surface area contributed by atoms with Crippen molar-refractivity contribution in [2.24, 2.45) is 0 Å². The number of nitrogens with one attached hydrogen (secondary N) is 1. The maximum atomic E-state index is 13.2. The molecule has 1 aromatic carbocycles. The fourth-order valence-electron chi connectivity index (χ4n) is 3.89. The van der Waals surface area contributed by atoms with E-state index in [9.17, 15) is 23.9 Å². The number of aromatic nitrogens is 3. The number of sulfonamides is 1. The molecular formula is C21H25N5O4S2. The number of hydrogen-bond acceptors (Lipinski definition) is 8. The van der Waals surface area contributed by atoms with Gasteiger partial charge in [-0.15, -0.1) is 0 Å². The van der Waals surface area contributed by atoms with Gasteiger partial charge in [-0.3, -0.25) is 0 Å². The maximum Gasteiger partial charge on any atom is 0.242 e. The second kappa shape index (κ2) is 8.20. The van der Waals surface area contributed by atoms with E-state index in [1.165, 1.54) is 23.5 Å². The second-order valence-electron chi connectivity index (χ2n) is 8.66. The van der Waals surface area contributed by atoms with Crippen molar-refractivity contribution in [3.05, 3.63) is 34.5 Å². The van der Waals surface area contributed by atoms with Gasteiger partial charge in [-0.2, -0.15) is 10.4 Å². The third kappa shape index (κ3) is 4.29. The largest absolute Gasteiger partial charge is 0.393 e. The van der Waals surface area contributed by atoms with Gasteiger partial charge < -0.3 is 10.2 Å². The fraction of sp³-hybridized carbons (Fsp3) is 0.476. The molecule has 0 spiro atoms. The minimum atomic E-state index is -3.96. The molecule has 0 bridgehead atoms. The zero-order valence-electron chi connectivity index (χ0n) is 18.0. The van der Waals surface area contributed by atoms with E-state index in [0.29, 0.717) is 52.6 Å². The molecule has 1 fully saturated rings. The van der Waals surface area contributed by atoms with E-state index in [0.717, 1.165) is 0 Å². The molecule has 3 aromatic rings. The maximum absolute atomic E-state index is 13.2. The Labute approximate surface area is 190 Å². The molecule has 1 saturated carbocycles. The van der Waals surface area contributed by atoms with Gasteiger partial charge in [0.05, 0.1) is 23.1 Å². The molecule has 2 aromatic heterocycles. The van der Waals surface area contributed by atoms with Crippen LogP contribution in [0.4, 0.5) is 0 Å². The lowest BCUT2D eigenvalue weighted by molar-refractivity contribution is 0.0773. The summed E-state index contributed by atoms with van der Waals surface area (Å²) < 4.78 is 30.6. The van der Waals surface area contributed by atoms with E-state index >= 15 is 0 Å². The number of nitriles is 1. The number of aliphatic hydroxyl groups is 2. The molecular weight excluding hydrogens is 450 g/mol. The first-order valence-electron chi connectivity index (χ1n) is 10.3. The molecule has 0 unspecified atom stereocenters. The van der Waals surface area contributed by atoms with Crippen LogP contribution in [0.2, 0.25) is 0 Å². The minimum absolute atomic E-state index is 0.0472. The number of fused-ring (bicyclic) bond motifs is 1. The number of nitrogens with zero attached hydrogens (tertiary/aromatic N) is 4. The van der Waals surface area contributed by atoms with Crippen molar-refractivity contribution < 1.29 is 18.6 Å². The van der Waals surface area contributed by atoms with Crippen molar-refractivity contribution in [1.82, 2.24) is 19.3 Å². The molecule has 170 valence electrons. The summed E-state index contributed by atoms with van der Waals surface area (Å²) in [5.41, 5.74) is 0.738. The molecule has 1 aliphatic rings. The van der Waals surface area contributed by atoms with Gasteiger partial charge >= 0.3 is 0 Å². The highest BCUT2D eigenvalue weighted by molar-refractivity contribution is 7.89. The number of benzene rings is 1. The highest BCUT2D eigenvalue weighted by Gasteiger charge is 2.28. The average molecular weight is 476 g/mol. The Morgan fingerprint density at radius 3 is 2.59 bits per heavy atom. The standard InChI is InChI=1S/C21H25N5O4S2/c1-12-18(26-20(23-12)31-19(24-26)21(2,3)28)13-4-5-14(11-22)17(10-13)32(29,30)25-15-6-8-16(27)9-7-15/h4-5,10,15-16,25,27-28H,6-9H2,1-3H3/t15-,16-. The lowest BCUT2D eigenvalue weighted by Crippen LogP contribution is -2.38. The van der Waals surface area contributed by atoms with Crippen LogP contribution in [0.1, 0.15) is 55.8 Å². The Bertz CT molecular complexity index is 1310. The highest BCUT2D eigenvalue weighted by Crippen LogP contribution is 2.33. The Morgan fingerprint density at radius 2 is 1.97 bits per heavy atom. The van der Waals surface area contributed by atoms with Gasteiger partial charge in [0.15, 0.2) is 0 Å². The Hall–Kier alpha value is -2.36. The molecule has 3 N–H and O–H groups in total. The number of hydrogen-bond donors (Lipinski definition) is 3. The molecule has 1 aliphatic carbocycles. The number of aliphatic hydroxyl groups excluding tert-OH is 1. The number of rotatable bonds is 5. The molecule has 4 rings (SSSR count). The summed E-state index contributed by atoms with van der Waals surface area (Å²) in [6, 6.07) is 6.31. The van der Waals surface area contributed by atoms with Crippen LogP contribution in [-0.2, 0) is 15.6 Å². The van der Waals surface area contributed by atoms with Gasteiger partial charge in [0.1, 0.15) is 21.6 Å². The van der Waals surface area contributed by atoms with Gasteiger partial charge in [-0.25, -0.2) is 22.6 Å². The topological polar surface area (TPSA) is 141 Å². The Balaban J connectivity index is 1.77. The lowest BCUT2D eigenvalue weighted by atomic mass is 9.94. The molecule has 0 aliphatic heterocycles. The smallest absolute Gasteiger partial charge is 0.242 e. The van der Waals surface area contributed by atoms with Crippen molar-refractivity contribution in [1.29, 1.82) is 5.26 Å². The van der Waals surface area contributed by atoms with E-state index in [-0.39, 0.29) is 16.5 Å². The third-order valence-corrected chi connectivity index (χ3v) is 8.37. The van der Waals surface area contributed by atoms with Crippen LogP contribution in [0.5, 0.6) is 0 Å². The summed E-state index contributed by atoms with van der Waals surface area (Å²) in [4.78, 5) is 5.00. The molecule has 0 radical (unpaired) electrons. The summed E-state index contributed by atoms with van der Waals surface area (Å²) in [6.07, 6.45) is 1.77. The number of imidazole rings is 1. The first-order valence-corrected chi connectivity index (χ1v) is 12.6. The molecule has 2 heterocycles. The van der Waals surface area contributed by atoms with E-state index < -0.39 is 21.7 Å². The first-order chi connectivity index (χ1) is 15.0. The van der Waals surface area contributed by atoms with Crippen molar-refractivity contribution >= 4 is 26.3 Å². The van der Waals surface area contributed by atoms with Crippen LogP contribution in [-0.4, -0.2) is 45.4 Å². The zero-order chi connectivity index (χ0) is 23.3. The van der Waals surface area contributed by atoms with Gasteiger partial charge in [-0.05, 0) is 58.6 Å². The predicted octanol–water partition coefficient (Wildman–Crippen LogP) is 2.45. The van der Waals surface area contributed by atoms with Gasteiger partial charge in [0.2, 0.25) is 15.0 Å². The van der Waals surface area contributed by atoms with Crippen LogP contribution in [0.3, 0.4) is 0 Å². The van der Waals surface area contributed by atoms with E-state index in [2.05, 4.69) is 14.8 Å². The second-order valence-corrected chi connectivity index (χ2v) is 11.3. The summed E-state index contributed by atoms with van der Waals surface area (Å²) in [6.45, 7) is 5.08. The van der Waals surface area contributed by atoms with Crippen molar-refractivity contribution in [2.75, 3.05) is 0 Å². The first kappa shape index (κ1) is 22.8. The molecule has 0 atom stereocenters. The summed E-state index contributed by atoms with van der Waals surface area (Å²) >= 11 is 1.26. The van der Waals surface area contributed by atoms with E-state index in [1.807, 2.05) is 6.07 Å². The summed E-state index contributed by atoms with van der Waals surface area (Å²) in [7, 11) is -3.96. The molecule has 0 amide bonds. The highest BCUT2D eigenvalue weighted by atomic mass is 32.2. The van der Waals surface area contributed by atoms with Gasteiger partial charge in [0, 0.05) is 11.6 Å². The third-order valence-electron chi connectivity index (χ3n) is 5.58. The quantitative estimate of drug-likeness (QED) is 0.515. The molecule has 0 saturated heterocycles. The van der Waals surface area contributed by atoms with Gasteiger partial charge in [0.25, 0.3) is 0 Å². The van der Waals surface area contributed by atoms with Crippen LogP contribution in [0, 0.1) is 18.3 Å². The monoisotopic (exact) mass is 475 g/mol. The van der Waals surface area contributed by atoms with Gasteiger partial charge in [-0.1, -0.05) is 17.4 Å². The van der Waals surface area contributed by atoms with Crippen LogP contribution in [0.25, 0.3) is 16.2 Å². The number of aryl methyl sites for hydroxylation is 1. The SMILES string of the molecule is Cc1nc2sc(C(C)(C)O)nn2c1-c1ccc(C#N)c(S(=O)(=O)N[C@H]2CC[C@H](O)CC2)c1. The lowest BCUT2D eigenvalue weighted by Gasteiger charge is -2.26. The minimum Gasteiger partial charge on any atom is -0.393 e. The predicted molar refractivity (Wildman–Crippen MR) is 120 cm³/mol. The molecule has 32 heavy (non-hydrogen) atoms. The Morgan fingerprint density at radius 1 is 1.28 bits per heavy atom. The van der Waals surface area contributed by atoms with E-state index in [1.54, 1.807) is 31.4 Å². The fourth-order valence-corrected chi connectivity index (χ4v) is 6.32. The van der Waals surface area contributed by atoms with E-state index in [4.69, 9.17) is 0 Å². The molecule has 9 nitrogen and oxygen atoms in total. The Kier molecular flexibility index (Phi) is 5.85. The van der Waals surface area contributed by atoms with Crippen LogP contribution < -0.4 is 4.72 Å². The summed E-state index contributed by atoms with van der Waals surface area (Å²) in [5.74, 6) is 0. The zero-order valence-corrected chi connectivity index (χ0v) is 19.7. The van der Waals surface area contributed by atoms with Crippen LogP contribution in [0.15, 0.2) is 23.1 Å². The van der Waals surface area contributed by atoms with Crippen molar-refractivity contribution in [2.45, 2.75) is 69.1 Å². The summed E-state index contributed by atoms with van der Waals surface area (Å²) in [5, 5.41) is 34.5. The van der Waals surface area contributed by atoms with Crippen molar-refractivity contribution in [3.63, 3.8) is 0 Å².